The van der Waals surface area contributed by atoms with Crippen molar-refractivity contribution in [3.05, 3.63) is 41.0 Å². The number of benzene rings is 2. The van der Waals surface area contributed by atoms with Gasteiger partial charge in [0.25, 0.3) is 0 Å². The van der Waals surface area contributed by atoms with Crippen molar-refractivity contribution in [2.24, 2.45) is 0 Å². The molecule has 3 heterocycles. The Morgan fingerprint density at radius 2 is 1.74 bits per heavy atom. The molecule has 8 nitrogen and oxygen atoms in total. The van der Waals surface area contributed by atoms with Crippen LogP contribution in [-0.4, -0.2) is 69.9 Å². The van der Waals surface area contributed by atoms with Crippen LogP contribution in [0.25, 0.3) is 6.08 Å². The number of β-amino-alcohol motifs (C(OH)–C–C–N with tert-alkyl or cyclic N) is 1. The summed E-state index contributed by atoms with van der Waals surface area (Å²) in [7, 11) is 5.60. The molecule has 0 aliphatic carbocycles. The first kappa shape index (κ1) is 22.4. The zero-order valence-corrected chi connectivity index (χ0v) is 20.1. The van der Waals surface area contributed by atoms with Crippen LogP contribution in [0.1, 0.15) is 24.5 Å². The lowest BCUT2D eigenvalue weighted by Gasteiger charge is -2.40. The van der Waals surface area contributed by atoms with Gasteiger partial charge in [-0.15, -0.1) is 0 Å². The van der Waals surface area contributed by atoms with Gasteiger partial charge in [0.05, 0.1) is 47.2 Å². The number of hydrogen-bond acceptors (Lipinski definition) is 8. The van der Waals surface area contributed by atoms with Crippen molar-refractivity contribution in [1.82, 2.24) is 0 Å². The van der Waals surface area contributed by atoms with E-state index in [0.717, 1.165) is 59.2 Å². The molecule has 2 aromatic rings. The van der Waals surface area contributed by atoms with Gasteiger partial charge in [0.2, 0.25) is 0 Å². The van der Waals surface area contributed by atoms with Gasteiger partial charge in [-0.1, -0.05) is 0 Å². The number of nitrogens with zero attached hydrogens (tertiary/aromatic N) is 5. The molecule has 0 radical (unpaired) electrons. The van der Waals surface area contributed by atoms with Gasteiger partial charge in [0.15, 0.2) is 0 Å². The number of nitriles is 1. The number of anilines is 5. The molecular weight excluding hydrogens is 430 g/mol. The van der Waals surface area contributed by atoms with E-state index in [2.05, 4.69) is 33.9 Å². The number of rotatable bonds is 3. The standard InChI is InChI=1S/C26H31N5O3/c1-16-9-20-22(29(3)26(16)33)11-19(34-4)12-23(20)31-8-7-28(2)24-13-21(17(14-27)10-25(24)31)30-6-5-18(32)15-30/h9-13,18,26,32-33H,5-8,15H2,1-4H3. The van der Waals surface area contributed by atoms with Gasteiger partial charge in [-0.2, -0.15) is 5.26 Å². The minimum Gasteiger partial charge on any atom is -0.497 e. The zero-order chi connectivity index (χ0) is 24.1. The fourth-order valence-electron chi connectivity index (χ4n) is 5.26. The van der Waals surface area contributed by atoms with Crippen molar-refractivity contribution in [2.75, 3.05) is 67.0 Å². The van der Waals surface area contributed by atoms with E-state index in [0.29, 0.717) is 24.3 Å². The molecule has 0 aromatic heterocycles. The first-order chi connectivity index (χ1) is 16.3. The Kier molecular flexibility index (Phi) is 5.54. The highest BCUT2D eigenvalue weighted by Crippen LogP contribution is 2.47. The van der Waals surface area contributed by atoms with Crippen molar-refractivity contribution in [3.8, 4) is 11.8 Å². The maximum atomic E-state index is 10.6. The van der Waals surface area contributed by atoms with E-state index in [9.17, 15) is 15.5 Å². The molecule has 3 aliphatic heterocycles. The number of likely N-dealkylation sites (N-methyl/N-ethyl adjacent to an activating group) is 2. The van der Waals surface area contributed by atoms with Crippen molar-refractivity contribution >= 4 is 34.5 Å². The van der Waals surface area contributed by atoms with E-state index in [1.54, 1.807) is 7.11 Å². The molecule has 2 unspecified atom stereocenters. The number of ether oxygens (including phenoxy) is 1. The first-order valence-electron chi connectivity index (χ1n) is 11.6. The largest absolute Gasteiger partial charge is 0.497 e. The Morgan fingerprint density at radius 1 is 0.971 bits per heavy atom. The molecule has 34 heavy (non-hydrogen) atoms. The Hall–Kier alpha value is -3.41. The second-order valence-corrected chi connectivity index (χ2v) is 9.38. The lowest BCUT2D eigenvalue weighted by atomic mass is 9.98. The second kappa shape index (κ2) is 8.42. The Balaban J connectivity index is 1.68. The smallest absolute Gasteiger partial charge is 0.149 e. The maximum Gasteiger partial charge on any atom is 0.149 e. The fourth-order valence-corrected chi connectivity index (χ4v) is 5.26. The van der Waals surface area contributed by atoms with Gasteiger partial charge >= 0.3 is 0 Å². The highest BCUT2D eigenvalue weighted by atomic mass is 16.5. The average molecular weight is 462 g/mol. The molecule has 1 fully saturated rings. The van der Waals surface area contributed by atoms with Crippen molar-refractivity contribution in [1.29, 1.82) is 5.26 Å². The first-order valence-corrected chi connectivity index (χ1v) is 11.6. The van der Waals surface area contributed by atoms with Gasteiger partial charge < -0.3 is 34.5 Å². The summed E-state index contributed by atoms with van der Waals surface area (Å²) in [6.07, 6.45) is 1.71. The molecule has 0 bridgehead atoms. The predicted octanol–water partition coefficient (Wildman–Crippen LogP) is 2.90. The molecule has 2 aromatic carbocycles. The van der Waals surface area contributed by atoms with Crippen LogP contribution in [0, 0.1) is 11.3 Å². The van der Waals surface area contributed by atoms with E-state index in [1.165, 1.54) is 0 Å². The summed E-state index contributed by atoms with van der Waals surface area (Å²) in [5.41, 5.74) is 7.25. The van der Waals surface area contributed by atoms with E-state index in [-0.39, 0.29) is 6.10 Å². The Morgan fingerprint density at radius 3 is 2.41 bits per heavy atom. The lowest BCUT2D eigenvalue weighted by Crippen LogP contribution is -2.38. The number of aliphatic hydroxyl groups is 2. The second-order valence-electron chi connectivity index (χ2n) is 9.38. The topological polar surface area (TPSA) is 86.4 Å². The van der Waals surface area contributed by atoms with Crippen LogP contribution in [0.2, 0.25) is 0 Å². The van der Waals surface area contributed by atoms with Gasteiger partial charge in [0.1, 0.15) is 18.0 Å². The van der Waals surface area contributed by atoms with Crippen molar-refractivity contribution in [3.63, 3.8) is 0 Å². The zero-order valence-electron chi connectivity index (χ0n) is 20.1. The molecule has 178 valence electrons. The number of methoxy groups -OCH3 is 1. The van der Waals surface area contributed by atoms with Crippen LogP contribution < -0.4 is 24.3 Å². The molecule has 5 rings (SSSR count). The van der Waals surface area contributed by atoms with E-state index >= 15 is 0 Å². The molecule has 2 atom stereocenters. The highest BCUT2D eigenvalue weighted by molar-refractivity contribution is 5.91. The van der Waals surface area contributed by atoms with Crippen LogP contribution in [-0.2, 0) is 0 Å². The SMILES string of the molecule is COc1cc(N2CCN(C)c3cc(N4CCC(O)C4)c(C#N)cc32)c2c(c1)N(C)C(O)C(C)=C2. The number of aliphatic hydroxyl groups excluding tert-OH is 2. The third kappa shape index (κ3) is 3.52. The molecular formula is C26H31N5O3. The fraction of sp³-hybridized carbons (Fsp3) is 0.423. The monoisotopic (exact) mass is 461 g/mol. The van der Waals surface area contributed by atoms with Crippen LogP contribution >= 0.6 is 0 Å². The van der Waals surface area contributed by atoms with Crippen LogP contribution in [0.3, 0.4) is 0 Å². The van der Waals surface area contributed by atoms with Gasteiger partial charge in [-0.05, 0) is 37.1 Å². The third-order valence-electron chi connectivity index (χ3n) is 7.24. The number of fused-ring (bicyclic) bond motifs is 2. The Labute approximate surface area is 200 Å². The summed E-state index contributed by atoms with van der Waals surface area (Å²) in [6, 6.07) is 10.4. The van der Waals surface area contributed by atoms with Gasteiger partial charge in [0, 0.05) is 58.0 Å². The highest BCUT2D eigenvalue weighted by Gasteiger charge is 2.31. The molecule has 0 spiro atoms. The molecule has 1 saturated heterocycles. The number of hydrogen-bond donors (Lipinski definition) is 2. The minimum atomic E-state index is -0.684. The summed E-state index contributed by atoms with van der Waals surface area (Å²) in [5, 5.41) is 30.7. The average Bonchev–Trinajstić information content (AvgIpc) is 3.28. The van der Waals surface area contributed by atoms with Crippen molar-refractivity contribution in [2.45, 2.75) is 25.7 Å². The van der Waals surface area contributed by atoms with Gasteiger partial charge in [-0.3, -0.25) is 0 Å². The van der Waals surface area contributed by atoms with Crippen molar-refractivity contribution < 1.29 is 14.9 Å². The van der Waals surface area contributed by atoms with Crippen LogP contribution in [0.15, 0.2) is 29.8 Å². The molecule has 0 amide bonds. The van der Waals surface area contributed by atoms with Gasteiger partial charge in [-0.25, -0.2) is 0 Å². The van der Waals surface area contributed by atoms with Crippen LogP contribution in [0.4, 0.5) is 28.4 Å². The molecule has 8 heteroatoms. The molecule has 3 aliphatic rings. The minimum absolute atomic E-state index is 0.359. The van der Waals surface area contributed by atoms with Crippen LogP contribution in [0.5, 0.6) is 5.75 Å². The normalized spacial score (nSPS) is 21.7. The summed E-state index contributed by atoms with van der Waals surface area (Å²) in [5.74, 6) is 0.712. The Bertz CT molecular complexity index is 1200. The molecule has 2 N–H and O–H groups in total. The van der Waals surface area contributed by atoms with E-state index in [4.69, 9.17) is 4.74 Å². The predicted molar refractivity (Wildman–Crippen MR) is 135 cm³/mol. The quantitative estimate of drug-likeness (QED) is 0.722. The summed E-state index contributed by atoms with van der Waals surface area (Å²) >= 11 is 0. The summed E-state index contributed by atoms with van der Waals surface area (Å²) in [4.78, 5) is 8.42. The van der Waals surface area contributed by atoms with E-state index in [1.807, 2.05) is 43.1 Å². The summed E-state index contributed by atoms with van der Waals surface area (Å²) in [6.45, 7) is 4.77. The summed E-state index contributed by atoms with van der Waals surface area (Å²) < 4.78 is 5.62. The third-order valence-corrected chi connectivity index (χ3v) is 7.24. The lowest BCUT2D eigenvalue weighted by molar-refractivity contribution is 0.198. The maximum absolute atomic E-state index is 10.6. The molecule has 0 saturated carbocycles. The van der Waals surface area contributed by atoms with E-state index < -0.39 is 6.23 Å².